The molecule has 1 aromatic carbocycles. The van der Waals surface area contributed by atoms with Crippen LogP contribution in [-0.2, 0) is 4.79 Å². The fourth-order valence-electron chi connectivity index (χ4n) is 2.78. The summed E-state index contributed by atoms with van der Waals surface area (Å²) in [5.74, 6) is -6.35. The fourth-order valence-corrected chi connectivity index (χ4v) is 2.78. The van der Waals surface area contributed by atoms with Gasteiger partial charge < -0.3 is 5.11 Å². The van der Waals surface area contributed by atoms with Gasteiger partial charge in [0.25, 0.3) is 0 Å². The molecule has 1 aliphatic rings. The number of aliphatic carboxylic acids is 1. The Balaban J connectivity index is 2.46. The van der Waals surface area contributed by atoms with E-state index in [2.05, 4.69) is 0 Å². The van der Waals surface area contributed by atoms with Crippen molar-refractivity contribution in [1.82, 2.24) is 4.90 Å². The maximum absolute atomic E-state index is 13.9. The van der Waals surface area contributed by atoms with Crippen molar-refractivity contribution in [3.8, 4) is 0 Å². The first-order valence-corrected chi connectivity index (χ1v) is 6.74. The van der Waals surface area contributed by atoms with Gasteiger partial charge in [-0.15, -0.1) is 0 Å². The van der Waals surface area contributed by atoms with Gasteiger partial charge in [0.2, 0.25) is 0 Å². The first-order chi connectivity index (χ1) is 9.62. The third-order valence-corrected chi connectivity index (χ3v) is 4.04. The zero-order valence-electron chi connectivity index (χ0n) is 12.2. The molecule has 116 valence electrons. The van der Waals surface area contributed by atoms with Crippen LogP contribution in [0.3, 0.4) is 0 Å². The molecule has 0 aromatic heterocycles. The number of hydrogen-bond donors (Lipinski definition) is 1. The van der Waals surface area contributed by atoms with E-state index >= 15 is 0 Å². The fraction of sp³-hybridized carbons (Fsp3) is 0.533. The van der Waals surface area contributed by atoms with Crippen LogP contribution in [0.4, 0.5) is 13.2 Å². The molecular formula is C15H18F3NO2. The number of carboxylic acid groups (broad SMARTS) is 1. The van der Waals surface area contributed by atoms with Crippen LogP contribution in [0.15, 0.2) is 12.1 Å². The van der Waals surface area contributed by atoms with Gasteiger partial charge in [-0.05, 0) is 32.9 Å². The Labute approximate surface area is 121 Å². The van der Waals surface area contributed by atoms with Crippen LogP contribution in [0.25, 0.3) is 0 Å². The van der Waals surface area contributed by atoms with Crippen LogP contribution in [0.2, 0.25) is 0 Å². The molecule has 1 fully saturated rings. The number of nitrogens with zero attached hydrogens (tertiary/aromatic N) is 1. The molecule has 3 nitrogen and oxygen atoms in total. The monoisotopic (exact) mass is 301 g/mol. The molecule has 1 heterocycles. The Morgan fingerprint density at radius 3 is 2.29 bits per heavy atom. The van der Waals surface area contributed by atoms with E-state index in [1.54, 1.807) is 0 Å². The number of carboxylic acids is 1. The molecule has 2 rings (SSSR count). The SMILES string of the molecule is CC(C)(C)N1C[C@@H](C(=O)O)[C@H](c2c(F)ccc(F)c2F)C1. The van der Waals surface area contributed by atoms with Gasteiger partial charge in [-0.1, -0.05) is 0 Å². The second-order valence-electron chi connectivity index (χ2n) is 6.38. The predicted octanol–water partition coefficient (Wildman–Crippen LogP) is 3.00. The third kappa shape index (κ3) is 2.90. The summed E-state index contributed by atoms with van der Waals surface area (Å²) in [7, 11) is 0. The molecule has 6 heteroatoms. The topological polar surface area (TPSA) is 40.5 Å². The molecule has 1 saturated heterocycles. The lowest BCUT2D eigenvalue weighted by molar-refractivity contribution is -0.141. The molecule has 2 atom stereocenters. The van der Waals surface area contributed by atoms with Crippen molar-refractivity contribution in [2.75, 3.05) is 13.1 Å². The summed E-state index contributed by atoms with van der Waals surface area (Å²) in [5.41, 5.74) is -0.794. The van der Waals surface area contributed by atoms with Gasteiger partial charge in [-0.25, -0.2) is 13.2 Å². The first kappa shape index (κ1) is 15.8. The summed E-state index contributed by atoms with van der Waals surface area (Å²) < 4.78 is 41.2. The molecule has 1 N–H and O–H groups in total. The number of halogens is 3. The number of rotatable bonds is 2. The molecule has 1 aromatic rings. The highest BCUT2D eigenvalue weighted by atomic mass is 19.2. The van der Waals surface area contributed by atoms with Gasteiger partial charge in [-0.2, -0.15) is 0 Å². The predicted molar refractivity (Wildman–Crippen MR) is 71.5 cm³/mol. The van der Waals surface area contributed by atoms with Gasteiger partial charge in [0, 0.05) is 30.1 Å². The lowest BCUT2D eigenvalue weighted by Gasteiger charge is -2.31. The van der Waals surface area contributed by atoms with Crippen molar-refractivity contribution in [2.24, 2.45) is 5.92 Å². The average molecular weight is 301 g/mol. The van der Waals surface area contributed by atoms with Crippen LogP contribution in [-0.4, -0.2) is 34.6 Å². The molecule has 0 unspecified atom stereocenters. The van der Waals surface area contributed by atoms with Crippen LogP contribution in [0, 0.1) is 23.4 Å². The number of likely N-dealkylation sites (tertiary alicyclic amines) is 1. The number of benzene rings is 1. The summed E-state index contributed by atoms with van der Waals surface area (Å²) in [6.45, 7) is 6.04. The van der Waals surface area contributed by atoms with Crippen molar-refractivity contribution >= 4 is 5.97 Å². The van der Waals surface area contributed by atoms with Crippen LogP contribution >= 0.6 is 0 Å². The van der Waals surface area contributed by atoms with Crippen molar-refractivity contribution < 1.29 is 23.1 Å². The van der Waals surface area contributed by atoms with Gasteiger partial charge in [0.1, 0.15) is 5.82 Å². The Morgan fingerprint density at radius 2 is 1.76 bits per heavy atom. The zero-order valence-corrected chi connectivity index (χ0v) is 12.2. The molecule has 0 spiro atoms. The maximum atomic E-state index is 13.9. The third-order valence-electron chi connectivity index (χ3n) is 4.04. The highest BCUT2D eigenvalue weighted by Crippen LogP contribution is 2.38. The minimum atomic E-state index is -1.29. The first-order valence-electron chi connectivity index (χ1n) is 6.74. The molecule has 0 radical (unpaired) electrons. The largest absolute Gasteiger partial charge is 0.481 e. The molecular weight excluding hydrogens is 283 g/mol. The van der Waals surface area contributed by atoms with Crippen molar-refractivity contribution in [1.29, 1.82) is 0 Å². The molecule has 0 saturated carbocycles. The molecule has 21 heavy (non-hydrogen) atoms. The molecule has 0 aliphatic carbocycles. The Kier molecular flexibility index (Phi) is 4.02. The van der Waals surface area contributed by atoms with E-state index in [0.29, 0.717) is 6.07 Å². The molecule has 0 bridgehead atoms. The van der Waals surface area contributed by atoms with Gasteiger partial charge in [0.15, 0.2) is 11.6 Å². The normalized spacial score (nSPS) is 23.5. The Hall–Kier alpha value is -1.56. The van der Waals surface area contributed by atoms with E-state index in [4.69, 9.17) is 0 Å². The highest BCUT2D eigenvalue weighted by Gasteiger charge is 2.44. The lowest BCUT2D eigenvalue weighted by Crippen LogP contribution is -2.40. The number of carbonyl (C=O) groups is 1. The number of hydrogen-bond acceptors (Lipinski definition) is 2. The quantitative estimate of drug-likeness (QED) is 0.854. The summed E-state index contributed by atoms with van der Waals surface area (Å²) in [6, 6.07) is 1.55. The second-order valence-corrected chi connectivity index (χ2v) is 6.38. The second kappa shape index (κ2) is 5.33. The smallest absolute Gasteiger partial charge is 0.308 e. The molecule has 0 amide bonds. The van der Waals surface area contributed by atoms with E-state index in [-0.39, 0.29) is 18.6 Å². The van der Waals surface area contributed by atoms with E-state index in [1.807, 2.05) is 25.7 Å². The van der Waals surface area contributed by atoms with Crippen molar-refractivity contribution in [3.05, 3.63) is 35.1 Å². The van der Waals surface area contributed by atoms with Crippen LogP contribution in [0.5, 0.6) is 0 Å². The molecule has 1 aliphatic heterocycles. The van der Waals surface area contributed by atoms with E-state index in [9.17, 15) is 23.1 Å². The van der Waals surface area contributed by atoms with Crippen molar-refractivity contribution in [2.45, 2.75) is 32.2 Å². The summed E-state index contributed by atoms with van der Waals surface area (Å²) in [4.78, 5) is 13.2. The van der Waals surface area contributed by atoms with E-state index < -0.39 is 40.8 Å². The average Bonchev–Trinajstić information content (AvgIpc) is 2.79. The van der Waals surface area contributed by atoms with Crippen LogP contribution < -0.4 is 0 Å². The highest BCUT2D eigenvalue weighted by molar-refractivity contribution is 5.72. The van der Waals surface area contributed by atoms with E-state index in [0.717, 1.165) is 6.07 Å². The lowest BCUT2D eigenvalue weighted by atomic mass is 9.88. The van der Waals surface area contributed by atoms with Gasteiger partial charge in [-0.3, -0.25) is 9.69 Å². The summed E-state index contributed by atoms with van der Waals surface area (Å²) in [6.07, 6.45) is 0. The van der Waals surface area contributed by atoms with Gasteiger partial charge >= 0.3 is 5.97 Å². The Morgan fingerprint density at radius 1 is 1.19 bits per heavy atom. The summed E-state index contributed by atoms with van der Waals surface area (Å²) >= 11 is 0. The summed E-state index contributed by atoms with van der Waals surface area (Å²) in [5, 5.41) is 9.31. The Bertz CT molecular complexity index is 569. The maximum Gasteiger partial charge on any atom is 0.308 e. The van der Waals surface area contributed by atoms with Gasteiger partial charge in [0.05, 0.1) is 5.92 Å². The zero-order chi connectivity index (χ0) is 15.9. The minimum Gasteiger partial charge on any atom is -0.481 e. The van der Waals surface area contributed by atoms with Crippen LogP contribution in [0.1, 0.15) is 32.3 Å². The minimum absolute atomic E-state index is 0.178. The standard InChI is InChI=1S/C15H18F3NO2/c1-15(2,3)19-6-8(9(7-19)14(20)21)12-10(16)4-5-11(17)13(12)18/h4-5,8-9H,6-7H2,1-3H3,(H,20,21)/t8-,9-/m1/s1. The van der Waals surface area contributed by atoms with E-state index in [1.165, 1.54) is 0 Å². The van der Waals surface area contributed by atoms with Crippen molar-refractivity contribution in [3.63, 3.8) is 0 Å².